The second-order valence-electron chi connectivity index (χ2n) is 2.69. The number of hydrogen-bond donors (Lipinski definition) is 2. The summed E-state index contributed by atoms with van der Waals surface area (Å²) in [6.45, 7) is 4.30. The number of nitrogens with two attached hydrogens (primary N) is 1. The Kier molecular flexibility index (Phi) is 5.30. The third kappa shape index (κ3) is 4.79. The van der Waals surface area contributed by atoms with E-state index in [9.17, 15) is 0 Å². The van der Waals surface area contributed by atoms with Crippen molar-refractivity contribution in [3.05, 3.63) is 0 Å². The van der Waals surface area contributed by atoms with Gasteiger partial charge in [-0.3, -0.25) is 0 Å². The lowest BCUT2D eigenvalue weighted by Gasteiger charge is -2.12. The molecule has 56 valence electrons. The van der Waals surface area contributed by atoms with Crippen LogP contribution < -0.4 is 5.73 Å². The maximum absolute atomic E-state index is 5.72. The minimum atomic E-state index is 0.382. The number of hydrogen-bond acceptors (Lipinski definition) is 2. The van der Waals surface area contributed by atoms with Crippen LogP contribution in [0.1, 0.15) is 26.7 Å². The standard InChI is InChI=1S/C7H17NS/c1-3-7(8)4-6(2)5-9/h6-7,9H,3-5,8H2,1-2H3. The van der Waals surface area contributed by atoms with Gasteiger partial charge in [0.25, 0.3) is 0 Å². The highest BCUT2D eigenvalue weighted by molar-refractivity contribution is 7.80. The lowest BCUT2D eigenvalue weighted by molar-refractivity contribution is 0.492. The Morgan fingerprint density at radius 1 is 1.56 bits per heavy atom. The van der Waals surface area contributed by atoms with E-state index in [4.69, 9.17) is 5.73 Å². The Bertz CT molecular complexity index is 57.9. The summed E-state index contributed by atoms with van der Waals surface area (Å²) in [6.07, 6.45) is 2.19. The molecule has 0 fully saturated rings. The van der Waals surface area contributed by atoms with Crippen LogP contribution in [0.25, 0.3) is 0 Å². The minimum absolute atomic E-state index is 0.382. The summed E-state index contributed by atoms with van der Waals surface area (Å²) in [5, 5.41) is 0. The Morgan fingerprint density at radius 2 is 2.11 bits per heavy atom. The predicted octanol–water partition coefficient (Wildman–Crippen LogP) is 1.68. The second-order valence-corrected chi connectivity index (χ2v) is 3.06. The highest BCUT2D eigenvalue weighted by Gasteiger charge is 2.04. The normalized spacial score (nSPS) is 17.3. The molecule has 0 aromatic rings. The Balaban J connectivity index is 3.22. The molecule has 2 unspecified atom stereocenters. The maximum Gasteiger partial charge on any atom is 0.00390 e. The van der Waals surface area contributed by atoms with Crippen molar-refractivity contribution >= 4 is 12.6 Å². The topological polar surface area (TPSA) is 26.0 Å². The quantitative estimate of drug-likeness (QED) is 0.581. The van der Waals surface area contributed by atoms with Crippen molar-refractivity contribution in [1.29, 1.82) is 0 Å². The Morgan fingerprint density at radius 3 is 2.44 bits per heavy atom. The van der Waals surface area contributed by atoms with Crippen LogP contribution in [0.3, 0.4) is 0 Å². The molecule has 0 aliphatic carbocycles. The first-order valence-electron chi connectivity index (χ1n) is 3.57. The average molecular weight is 147 g/mol. The van der Waals surface area contributed by atoms with E-state index >= 15 is 0 Å². The van der Waals surface area contributed by atoms with Gasteiger partial charge in [0.15, 0.2) is 0 Å². The fraction of sp³-hybridized carbons (Fsp3) is 1.00. The molecule has 0 rings (SSSR count). The van der Waals surface area contributed by atoms with Crippen molar-refractivity contribution in [2.45, 2.75) is 32.7 Å². The molecule has 0 aromatic carbocycles. The van der Waals surface area contributed by atoms with Gasteiger partial charge in [0.1, 0.15) is 0 Å². The molecule has 0 radical (unpaired) electrons. The summed E-state index contributed by atoms with van der Waals surface area (Å²) in [5.74, 6) is 1.62. The largest absolute Gasteiger partial charge is 0.328 e. The molecule has 0 heterocycles. The predicted molar refractivity (Wildman–Crippen MR) is 45.9 cm³/mol. The minimum Gasteiger partial charge on any atom is -0.328 e. The van der Waals surface area contributed by atoms with Crippen molar-refractivity contribution in [2.24, 2.45) is 11.7 Å². The molecule has 0 aliphatic heterocycles. The Labute approximate surface area is 63.4 Å². The molecule has 0 spiro atoms. The zero-order chi connectivity index (χ0) is 7.28. The first-order valence-corrected chi connectivity index (χ1v) is 4.20. The lowest BCUT2D eigenvalue weighted by atomic mass is 10.0. The lowest BCUT2D eigenvalue weighted by Crippen LogP contribution is -2.21. The molecule has 0 aliphatic rings. The van der Waals surface area contributed by atoms with Gasteiger partial charge < -0.3 is 5.73 Å². The average Bonchev–Trinajstić information content (AvgIpc) is 1.87. The van der Waals surface area contributed by atoms with Gasteiger partial charge in [-0.05, 0) is 24.5 Å². The first-order chi connectivity index (χ1) is 4.20. The molecular weight excluding hydrogens is 130 g/mol. The van der Waals surface area contributed by atoms with E-state index in [1.165, 1.54) is 0 Å². The monoisotopic (exact) mass is 147 g/mol. The molecule has 2 atom stereocenters. The molecule has 0 amide bonds. The summed E-state index contributed by atoms with van der Waals surface area (Å²) in [4.78, 5) is 0. The van der Waals surface area contributed by atoms with E-state index in [1.54, 1.807) is 0 Å². The fourth-order valence-corrected chi connectivity index (χ4v) is 0.907. The fourth-order valence-electron chi connectivity index (χ4n) is 0.758. The molecular formula is C7H17NS. The van der Waals surface area contributed by atoms with Crippen LogP contribution in [0, 0.1) is 5.92 Å². The van der Waals surface area contributed by atoms with Crippen LogP contribution in [0.15, 0.2) is 0 Å². The van der Waals surface area contributed by atoms with E-state index in [0.29, 0.717) is 12.0 Å². The Hall–Kier alpha value is 0.310. The van der Waals surface area contributed by atoms with Gasteiger partial charge in [-0.25, -0.2) is 0 Å². The van der Waals surface area contributed by atoms with Gasteiger partial charge >= 0.3 is 0 Å². The van der Waals surface area contributed by atoms with Gasteiger partial charge in [-0.15, -0.1) is 0 Å². The highest BCUT2D eigenvalue weighted by Crippen LogP contribution is 2.07. The molecule has 1 nitrogen and oxygen atoms in total. The molecule has 0 saturated heterocycles. The summed E-state index contributed by atoms with van der Waals surface area (Å²) in [7, 11) is 0. The summed E-state index contributed by atoms with van der Waals surface area (Å²) in [6, 6.07) is 0.382. The van der Waals surface area contributed by atoms with Crippen molar-refractivity contribution in [3.8, 4) is 0 Å². The van der Waals surface area contributed by atoms with Gasteiger partial charge in [-0.1, -0.05) is 13.8 Å². The summed E-state index contributed by atoms with van der Waals surface area (Å²) >= 11 is 4.17. The van der Waals surface area contributed by atoms with E-state index < -0.39 is 0 Å². The molecule has 0 bridgehead atoms. The summed E-state index contributed by atoms with van der Waals surface area (Å²) in [5.41, 5.74) is 5.72. The van der Waals surface area contributed by atoms with Gasteiger partial charge in [0.2, 0.25) is 0 Å². The van der Waals surface area contributed by atoms with E-state index in [1.807, 2.05) is 0 Å². The van der Waals surface area contributed by atoms with E-state index in [-0.39, 0.29) is 0 Å². The van der Waals surface area contributed by atoms with Crippen LogP contribution in [0.5, 0.6) is 0 Å². The van der Waals surface area contributed by atoms with E-state index in [2.05, 4.69) is 26.5 Å². The van der Waals surface area contributed by atoms with Crippen LogP contribution >= 0.6 is 12.6 Å². The number of rotatable bonds is 4. The van der Waals surface area contributed by atoms with Gasteiger partial charge in [-0.2, -0.15) is 12.6 Å². The second kappa shape index (κ2) is 5.12. The van der Waals surface area contributed by atoms with Gasteiger partial charge in [0.05, 0.1) is 0 Å². The maximum atomic E-state index is 5.72. The molecule has 2 heteroatoms. The first kappa shape index (κ1) is 9.31. The van der Waals surface area contributed by atoms with Gasteiger partial charge in [0, 0.05) is 6.04 Å². The third-order valence-electron chi connectivity index (χ3n) is 1.54. The van der Waals surface area contributed by atoms with Crippen LogP contribution in [-0.2, 0) is 0 Å². The molecule has 9 heavy (non-hydrogen) atoms. The van der Waals surface area contributed by atoms with Crippen LogP contribution in [0.2, 0.25) is 0 Å². The highest BCUT2D eigenvalue weighted by atomic mass is 32.1. The zero-order valence-electron chi connectivity index (χ0n) is 6.30. The van der Waals surface area contributed by atoms with E-state index in [0.717, 1.165) is 18.6 Å². The molecule has 0 saturated carbocycles. The van der Waals surface area contributed by atoms with Crippen molar-refractivity contribution in [1.82, 2.24) is 0 Å². The van der Waals surface area contributed by atoms with Crippen molar-refractivity contribution < 1.29 is 0 Å². The van der Waals surface area contributed by atoms with Crippen LogP contribution in [-0.4, -0.2) is 11.8 Å². The van der Waals surface area contributed by atoms with Crippen LogP contribution in [0.4, 0.5) is 0 Å². The smallest absolute Gasteiger partial charge is 0.00390 e. The summed E-state index contributed by atoms with van der Waals surface area (Å²) < 4.78 is 0. The number of thiol groups is 1. The molecule has 2 N–H and O–H groups in total. The molecule has 0 aromatic heterocycles. The van der Waals surface area contributed by atoms with Crippen molar-refractivity contribution in [3.63, 3.8) is 0 Å². The zero-order valence-corrected chi connectivity index (χ0v) is 7.20. The van der Waals surface area contributed by atoms with Crippen molar-refractivity contribution in [2.75, 3.05) is 5.75 Å². The SMILES string of the molecule is CCC(N)CC(C)CS. The third-order valence-corrected chi connectivity index (χ3v) is 2.16.